The van der Waals surface area contributed by atoms with E-state index in [1.807, 2.05) is 0 Å². The van der Waals surface area contributed by atoms with E-state index in [0.29, 0.717) is 5.69 Å². The molecule has 7 nitrogen and oxygen atoms in total. The van der Waals surface area contributed by atoms with Crippen LogP contribution in [0.25, 0.3) is 0 Å². The molecule has 0 saturated heterocycles. The van der Waals surface area contributed by atoms with Crippen LogP contribution < -0.4 is 11.2 Å². The molecule has 0 aliphatic carbocycles. The number of aryl methyl sites for hydroxylation is 1. The third-order valence-electron chi connectivity index (χ3n) is 2.29. The molecule has 0 saturated carbocycles. The summed E-state index contributed by atoms with van der Waals surface area (Å²) in [6, 6.07) is 1.27. The monoisotopic (exact) mass is 267 g/mol. The van der Waals surface area contributed by atoms with Gasteiger partial charge in [0.2, 0.25) is 5.01 Å². The maximum absolute atomic E-state index is 11.7. The molecule has 18 heavy (non-hydrogen) atoms. The second-order valence-electron chi connectivity index (χ2n) is 3.58. The highest BCUT2D eigenvalue weighted by Crippen LogP contribution is 2.09. The Morgan fingerprint density at radius 3 is 2.83 bits per heavy atom. The van der Waals surface area contributed by atoms with Crippen LogP contribution in [0.15, 0.2) is 27.2 Å². The van der Waals surface area contributed by atoms with Gasteiger partial charge in [-0.25, -0.2) is 14.6 Å². The van der Waals surface area contributed by atoms with Crippen molar-refractivity contribution >= 4 is 17.3 Å². The molecular weight excluding hydrogens is 258 g/mol. The molecule has 0 bridgehead atoms. The third kappa shape index (κ3) is 2.23. The minimum Gasteiger partial charge on any atom is -0.476 e. The maximum atomic E-state index is 11.7. The summed E-state index contributed by atoms with van der Waals surface area (Å²) < 4.78 is 2.27. The quantitative estimate of drug-likeness (QED) is 0.827. The van der Waals surface area contributed by atoms with Crippen molar-refractivity contribution in [2.45, 2.75) is 6.54 Å². The molecule has 0 aliphatic heterocycles. The van der Waals surface area contributed by atoms with Gasteiger partial charge in [-0.15, -0.1) is 11.3 Å². The highest BCUT2D eigenvalue weighted by atomic mass is 32.1. The zero-order valence-corrected chi connectivity index (χ0v) is 10.2. The van der Waals surface area contributed by atoms with E-state index in [2.05, 4.69) is 4.98 Å². The Labute approximate surface area is 105 Å². The molecule has 0 amide bonds. The molecule has 8 heteroatoms. The van der Waals surface area contributed by atoms with E-state index < -0.39 is 17.2 Å². The third-order valence-corrected chi connectivity index (χ3v) is 3.17. The number of rotatable bonds is 3. The largest absolute Gasteiger partial charge is 0.476 e. The molecule has 2 rings (SSSR count). The van der Waals surface area contributed by atoms with Gasteiger partial charge in [0.15, 0.2) is 0 Å². The number of carboxylic acid groups (broad SMARTS) is 1. The normalized spacial score (nSPS) is 10.5. The Hall–Kier alpha value is -2.22. The molecule has 2 aromatic heterocycles. The number of aromatic carboxylic acids is 1. The molecule has 94 valence electrons. The number of aromatic nitrogens is 3. The highest BCUT2D eigenvalue weighted by Gasteiger charge is 2.11. The van der Waals surface area contributed by atoms with Gasteiger partial charge in [0, 0.05) is 24.7 Å². The summed E-state index contributed by atoms with van der Waals surface area (Å²) >= 11 is 0.958. The average Bonchev–Trinajstić information content (AvgIpc) is 2.78. The fourth-order valence-corrected chi connectivity index (χ4v) is 2.05. The first kappa shape index (κ1) is 12.2. The van der Waals surface area contributed by atoms with Crippen LogP contribution in [0.3, 0.4) is 0 Å². The van der Waals surface area contributed by atoms with Crippen molar-refractivity contribution in [3.05, 3.63) is 49.2 Å². The van der Waals surface area contributed by atoms with Gasteiger partial charge in [0.05, 0.1) is 12.2 Å². The molecule has 0 atom stereocenters. The first-order chi connectivity index (χ1) is 8.49. The van der Waals surface area contributed by atoms with E-state index >= 15 is 0 Å². The number of thiazole rings is 1. The van der Waals surface area contributed by atoms with Gasteiger partial charge in [0.1, 0.15) is 0 Å². The zero-order chi connectivity index (χ0) is 13.3. The first-order valence-corrected chi connectivity index (χ1v) is 5.81. The molecule has 0 radical (unpaired) electrons. The molecule has 1 N–H and O–H groups in total. The highest BCUT2D eigenvalue weighted by molar-refractivity contribution is 7.11. The summed E-state index contributed by atoms with van der Waals surface area (Å²) in [6.45, 7) is -0.0316. The van der Waals surface area contributed by atoms with Crippen LogP contribution in [0.1, 0.15) is 15.5 Å². The van der Waals surface area contributed by atoms with Gasteiger partial charge in [0.25, 0.3) is 5.56 Å². The molecule has 2 aromatic rings. The predicted molar refractivity (Wildman–Crippen MR) is 64.1 cm³/mol. The molecule has 0 aromatic carbocycles. The van der Waals surface area contributed by atoms with Crippen LogP contribution in [0, 0.1) is 0 Å². The smallest absolute Gasteiger partial charge is 0.365 e. The Balaban J connectivity index is 2.40. The maximum Gasteiger partial charge on any atom is 0.365 e. The SMILES string of the molecule is Cn1ccc(=O)n(Cc2csc(C(=O)O)n2)c1=O. The fourth-order valence-electron chi connectivity index (χ4n) is 1.40. The molecule has 0 unspecified atom stereocenters. The summed E-state index contributed by atoms with van der Waals surface area (Å²) in [6.07, 6.45) is 1.38. The molecular formula is C10H9N3O4S. The number of hydrogen-bond acceptors (Lipinski definition) is 5. The van der Waals surface area contributed by atoms with Gasteiger partial charge >= 0.3 is 11.7 Å². The van der Waals surface area contributed by atoms with E-state index in [9.17, 15) is 14.4 Å². The van der Waals surface area contributed by atoms with E-state index in [1.54, 1.807) is 0 Å². The van der Waals surface area contributed by atoms with Gasteiger partial charge in [-0.05, 0) is 0 Å². The van der Waals surface area contributed by atoms with Crippen molar-refractivity contribution < 1.29 is 9.90 Å². The van der Waals surface area contributed by atoms with Gasteiger partial charge in [-0.3, -0.25) is 9.36 Å². The van der Waals surface area contributed by atoms with Crippen molar-refractivity contribution in [2.24, 2.45) is 7.05 Å². The molecule has 0 fully saturated rings. The van der Waals surface area contributed by atoms with Crippen molar-refractivity contribution in [2.75, 3.05) is 0 Å². The Kier molecular flexibility index (Phi) is 3.11. The first-order valence-electron chi connectivity index (χ1n) is 4.93. The second kappa shape index (κ2) is 4.57. The Bertz CT molecular complexity index is 712. The standard InChI is InChI=1S/C10H9N3O4S/c1-12-3-2-7(14)13(10(12)17)4-6-5-18-8(11-6)9(15)16/h2-3,5H,4H2,1H3,(H,15,16). The molecule has 2 heterocycles. The number of nitrogens with zero attached hydrogens (tertiary/aromatic N) is 3. The van der Waals surface area contributed by atoms with Gasteiger partial charge < -0.3 is 9.67 Å². The molecule has 0 spiro atoms. The average molecular weight is 267 g/mol. The van der Waals surface area contributed by atoms with Crippen LogP contribution in [0.4, 0.5) is 0 Å². The van der Waals surface area contributed by atoms with E-state index in [0.717, 1.165) is 15.9 Å². The predicted octanol–water partition coefficient (Wildman–Crippen LogP) is -0.250. The lowest BCUT2D eigenvalue weighted by molar-refractivity contribution is 0.0696. The lowest BCUT2D eigenvalue weighted by atomic mass is 10.4. The lowest BCUT2D eigenvalue weighted by Crippen LogP contribution is -2.38. The van der Waals surface area contributed by atoms with Gasteiger partial charge in [-0.2, -0.15) is 0 Å². The summed E-state index contributed by atoms with van der Waals surface area (Å²) in [5.41, 5.74) is -0.529. The van der Waals surface area contributed by atoms with E-state index in [1.165, 1.54) is 29.3 Å². The molecule has 0 aliphatic rings. The summed E-state index contributed by atoms with van der Waals surface area (Å²) in [5, 5.41) is 10.2. The lowest BCUT2D eigenvalue weighted by Gasteiger charge is -2.03. The number of carbonyl (C=O) groups is 1. The summed E-state index contributed by atoms with van der Waals surface area (Å²) in [7, 11) is 1.53. The van der Waals surface area contributed by atoms with E-state index in [4.69, 9.17) is 5.11 Å². The second-order valence-corrected chi connectivity index (χ2v) is 4.44. The zero-order valence-electron chi connectivity index (χ0n) is 9.36. The van der Waals surface area contributed by atoms with Crippen LogP contribution in [0.2, 0.25) is 0 Å². The van der Waals surface area contributed by atoms with E-state index in [-0.39, 0.29) is 11.6 Å². The number of carboxylic acids is 1. The fraction of sp³-hybridized carbons (Fsp3) is 0.200. The Morgan fingerprint density at radius 2 is 2.22 bits per heavy atom. The topological polar surface area (TPSA) is 94.2 Å². The van der Waals surface area contributed by atoms with Crippen molar-refractivity contribution in [1.29, 1.82) is 0 Å². The van der Waals surface area contributed by atoms with Crippen LogP contribution >= 0.6 is 11.3 Å². The van der Waals surface area contributed by atoms with Crippen molar-refractivity contribution in [3.8, 4) is 0 Å². The number of hydrogen-bond donors (Lipinski definition) is 1. The minimum atomic E-state index is -1.13. The Morgan fingerprint density at radius 1 is 1.50 bits per heavy atom. The summed E-state index contributed by atoms with van der Waals surface area (Å²) in [5.74, 6) is -1.13. The van der Waals surface area contributed by atoms with Crippen LogP contribution in [-0.2, 0) is 13.6 Å². The van der Waals surface area contributed by atoms with Crippen LogP contribution in [0.5, 0.6) is 0 Å². The van der Waals surface area contributed by atoms with Crippen molar-refractivity contribution in [3.63, 3.8) is 0 Å². The van der Waals surface area contributed by atoms with Crippen LogP contribution in [-0.4, -0.2) is 25.2 Å². The van der Waals surface area contributed by atoms with Crippen molar-refractivity contribution in [1.82, 2.24) is 14.1 Å². The minimum absolute atomic E-state index is 0.0316. The van der Waals surface area contributed by atoms with Gasteiger partial charge in [-0.1, -0.05) is 0 Å². The summed E-state index contributed by atoms with van der Waals surface area (Å²) in [4.78, 5) is 37.8.